The fourth-order valence-corrected chi connectivity index (χ4v) is 1.48. The van der Waals surface area contributed by atoms with E-state index in [0.717, 1.165) is 24.0 Å². The summed E-state index contributed by atoms with van der Waals surface area (Å²) in [5.74, 6) is -0.785. The molecule has 4 nitrogen and oxygen atoms in total. The Morgan fingerprint density at radius 2 is 1.95 bits per heavy atom. The summed E-state index contributed by atoms with van der Waals surface area (Å²) in [4.78, 5) is 22.8. The van der Waals surface area contributed by atoms with Crippen molar-refractivity contribution in [3.63, 3.8) is 0 Å². The van der Waals surface area contributed by atoms with Gasteiger partial charge in [0.15, 0.2) is 6.61 Å². The van der Waals surface area contributed by atoms with Crippen molar-refractivity contribution in [3.8, 4) is 0 Å². The lowest BCUT2D eigenvalue weighted by Gasteiger charge is -2.04. The molecule has 4 heteroatoms. The zero-order valence-electron chi connectivity index (χ0n) is 12.0. The SMILES string of the molecule is CCCCNC(=O)COC(=O)/C=C/c1ccc(C)cc1. The molecule has 0 aliphatic rings. The first-order chi connectivity index (χ1) is 9.61. The molecule has 0 aromatic heterocycles. The van der Waals surface area contributed by atoms with E-state index in [1.165, 1.54) is 6.08 Å². The number of hydrogen-bond acceptors (Lipinski definition) is 3. The lowest BCUT2D eigenvalue weighted by molar-refractivity contribution is -0.143. The van der Waals surface area contributed by atoms with Crippen LogP contribution in [0.25, 0.3) is 6.08 Å². The quantitative estimate of drug-likeness (QED) is 0.472. The third-order valence-electron chi connectivity index (χ3n) is 2.69. The second-order valence-electron chi connectivity index (χ2n) is 4.56. The molecule has 20 heavy (non-hydrogen) atoms. The molecule has 1 aromatic carbocycles. The number of unbranched alkanes of at least 4 members (excludes halogenated alkanes) is 1. The average molecular weight is 275 g/mol. The van der Waals surface area contributed by atoms with Gasteiger partial charge in [-0.2, -0.15) is 0 Å². The predicted molar refractivity (Wildman–Crippen MR) is 79.1 cm³/mol. The molecule has 0 spiro atoms. The highest BCUT2D eigenvalue weighted by Crippen LogP contribution is 2.04. The zero-order chi connectivity index (χ0) is 14.8. The number of rotatable bonds is 7. The summed E-state index contributed by atoms with van der Waals surface area (Å²) >= 11 is 0. The van der Waals surface area contributed by atoms with E-state index < -0.39 is 5.97 Å². The number of carbonyl (C=O) groups excluding carboxylic acids is 2. The standard InChI is InChI=1S/C16H21NO3/c1-3-4-11-17-15(18)12-20-16(19)10-9-14-7-5-13(2)6-8-14/h5-10H,3-4,11-12H2,1-2H3,(H,17,18)/b10-9+. The molecule has 0 heterocycles. The molecule has 1 amide bonds. The molecule has 108 valence electrons. The van der Waals surface area contributed by atoms with Crippen LogP contribution in [0.4, 0.5) is 0 Å². The number of benzene rings is 1. The van der Waals surface area contributed by atoms with E-state index in [9.17, 15) is 9.59 Å². The van der Waals surface area contributed by atoms with Gasteiger partial charge in [0.05, 0.1) is 0 Å². The van der Waals surface area contributed by atoms with Crippen LogP contribution in [0.5, 0.6) is 0 Å². The largest absolute Gasteiger partial charge is 0.452 e. The van der Waals surface area contributed by atoms with Crippen LogP contribution < -0.4 is 5.32 Å². The molecular weight excluding hydrogens is 254 g/mol. The highest BCUT2D eigenvalue weighted by Gasteiger charge is 2.03. The number of carbonyl (C=O) groups is 2. The third-order valence-corrected chi connectivity index (χ3v) is 2.69. The van der Waals surface area contributed by atoms with Gasteiger partial charge in [0, 0.05) is 12.6 Å². The fraction of sp³-hybridized carbons (Fsp3) is 0.375. The average Bonchev–Trinajstić information content (AvgIpc) is 2.45. The number of ether oxygens (including phenoxy) is 1. The lowest BCUT2D eigenvalue weighted by atomic mass is 10.1. The van der Waals surface area contributed by atoms with Crippen LogP contribution in [0.3, 0.4) is 0 Å². The first-order valence-electron chi connectivity index (χ1n) is 6.80. The molecule has 0 aliphatic heterocycles. The van der Waals surface area contributed by atoms with Crippen molar-refractivity contribution in [1.82, 2.24) is 5.32 Å². The number of nitrogens with one attached hydrogen (secondary N) is 1. The maximum Gasteiger partial charge on any atom is 0.331 e. The summed E-state index contributed by atoms with van der Waals surface area (Å²) in [7, 11) is 0. The minimum absolute atomic E-state index is 0.235. The maximum atomic E-state index is 11.4. The van der Waals surface area contributed by atoms with E-state index in [-0.39, 0.29) is 12.5 Å². The Kier molecular flexibility index (Phi) is 7.11. The fourth-order valence-electron chi connectivity index (χ4n) is 1.48. The van der Waals surface area contributed by atoms with Gasteiger partial charge in [-0.05, 0) is 25.0 Å². The number of aryl methyl sites for hydroxylation is 1. The van der Waals surface area contributed by atoms with E-state index >= 15 is 0 Å². The second kappa shape index (κ2) is 8.91. The summed E-state index contributed by atoms with van der Waals surface area (Å²) < 4.78 is 4.84. The Balaban J connectivity index is 2.29. The van der Waals surface area contributed by atoms with Gasteiger partial charge in [-0.15, -0.1) is 0 Å². The van der Waals surface area contributed by atoms with E-state index in [1.54, 1.807) is 6.08 Å². The molecule has 0 radical (unpaired) electrons. The minimum atomic E-state index is -0.517. The lowest BCUT2D eigenvalue weighted by Crippen LogP contribution is -2.29. The summed E-state index contributed by atoms with van der Waals surface area (Å²) in [6.07, 6.45) is 4.92. The van der Waals surface area contributed by atoms with E-state index in [4.69, 9.17) is 4.74 Å². The van der Waals surface area contributed by atoms with Crippen molar-refractivity contribution < 1.29 is 14.3 Å². The third kappa shape index (κ3) is 6.73. The van der Waals surface area contributed by atoms with Crippen molar-refractivity contribution in [2.75, 3.05) is 13.2 Å². The summed E-state index contributed by atoms with van der Waals surface area (Å²) in [6, 6.07) is 7.76. The molecule has 0 atom stereocenters. The van der Waals surface area contributed by atoms with Crippen molar-refractivity contribution in [2.24, 2.45) is 0 Å². The summed E-state index contributed by atoms with van der Waals surface area (Å²) in [5, 5.41) is 2.68. The molecule has 0 fully saturated rings. The van der Waals surface area contributed by atoms with Gasteiger partial charge in [-0.1, -0.05) is 43.2 Å². The Morgan fingerprint density at radius 1 is 1.25 bits per heavy atom. The molecule has 1 rings (SSSR count). The molecule has 1 aromatic rings. The first kappa shape index (κ1) is 16.0. The number of hydrogen-bond donors (Lipinski definition) is 1. The molecule has 1 N–H and O–H groups in total. The van der Waals surface area contributed by atoms with Crippen molar-refractivity contribution in [3.05, 3.63) is 41.5 Å². The molecule has 0 unspecified atom stereocenters. The zero-order valence-corrected chi connectivity index (χ0v) is 12.0. The highest BCUT2D eigenvalue weighted by atomic mass is 16.5. The van der Waals surface area contributed by atoms with Crippen LogP contribution in [-0.4, -0.2) is 25.0 Å². The predicted octanol–water partition coefficient (Wildman–Crippen LogP) is 2.47. The van der Waals surface area contributed by atoms with Crippen molar-refractivity contribution in [2.45, 2.75) is 26.7 Å². The van der Waals surface area contributed by atoms with Gasteiger partial charge < -0.3 is 10.1 Å². The van der Waals surface area contributed by atoms with Gasteiger partial charge in [-0.3, -0.25) is 4.79 Å². The Bertz CT molecular complexity index is 463. The number of amides is 1. The Morgan fingerprint density at radius 3 is 2.60 bits per heavy atom. The first-order valence-corrected chi connectivity index (χ1v) is 6.80. The van der Waals surface area contributed by atoms with Crippen molar-refractivity contribution in [1.29, 1.82) is 0 Å². The normalized spacial score (nSPS) is 10.5. The maximum absolute atomic E-state index is 11.4. The minimum Gasteiger partial charge on any atom is -0.452 e. The summed E-state index contributed by atoms with van der Waals surface area (Å²) in [6.45, 7) is 4.42. The van der Waals surface area contributed by atoms with Gasteiger partial charge in [0.2, 0.25) is 0 Å². The highest BCUT2D eigenvalue weighted by molar-refractivity contribution is 5.89. The van der Waals surface area contributed by atoms with Gasteiger partial charge >= 0.3 is 5.97 Å². The van der Waals surface area contributed by atoms with Crippen LogP contribution in [0.2, 0.25) is 0 Å². The van der Waals surface area contributed by atoms with Gasteiger partial charge in [0.1, 0.15) is 0 Å². The topological polar surface area (TPSA) is 55.4 Å². The molecular formula is C16H21NO3. The molecule has 0 aliphatic carbocycles. The van der Waals surface area contributed by atoms with Gasteiger partial charge in [0.25, 0.3) is 5.91 Å². The van der Waals surface area contributed by atoms with Crippen LogP contribution in [0.15, 0.2) is 30.3 Å². The molecule has 0 saturated carbocycles. The Labute approximate surface area is 119 Å². The Hall–Kier alpha value is -2.10. The summed E-state index contributed by atoms with van der Waals surface area (Å²) in [5.41, 5.74) is 2.08. The van der Waals surface area contributed by atoms with E-state index in [1.807, 2.05) is 38.1 Å². The van der Waals surface area contributed by atoms with Crippen LogP contribution in [0.1, 0.15) is 30.9 Å². The van der Waals surface area contributed by atoms with Crippen LogP contribution in [0, 0.1) is 6.92 Å². The van der Waals surface area contributed by atoms with E-state index in [0.29, 0.717) is 6.54 Å². The number of esters is 1. The van der Waals surface area contributed by atoms with Crippen LogP contribution >= 0.6 is 0 Å². The van der Waals surface area contributed by atoms with Crippen molar-refractivity contribution >= 4 is 18.0 Å². The second-order valence-corrected chi connectivity index (χ2v) is 4.56. The van der Waals surface area contributed by atoms with E-state index in [2.05, 4.69) is 5.32 Å². The molecule has 0 bridgehead atoms. The smallest absolute Gasteiger partial charge is 0.331 e. The van der Waals surface area contributed by atoms with Crippen LogP contribution in [-0.2, 0) is 14.3 Å². The molecule has 0 saturated heterocycles. The van der Waals surface area contributed by atoms with Gasteiger partial charge in [-0.25, -0.2) is 4.79 Å². The monoisotopic (exact) mass is 275 g/mol.